The predicted molar refractivity (Wildman–Crippen MR) is 307 cm³/mol. The smallest absolute Gasteiger partial charge is 0.462 e. The quantitative estimate of drug-likeness (QED) is 0.0197. The Bertz CT molecular complexity index is 1520. The minimum Gasteiger partial charge on any atom is -0.462 e. The lowest BCUT2D eigenvalue weighted by atomic mass is 10.1. The second-order valence-electron chi connectivity index (χ2n) is 19.8. The van der Waals surface area contributed by atoms with Gasteiger partial charge in [0.1, 0.15) is 12.7 Å². The van der Waals surface area contributed by atoms with Gasteiger partial charge in [-0.3, -0.25) is 23.4 Å². The molecule has 3 unspecified atom stereocenters. The van der Waals surface area contributed by atoms with E-state index < -0.39 is 57.8 Å². The average Bonchev–Trinajstić information content (AvgIpc) is 3.39. The van der Waals surface area contributed by atoms with Gasteiger partial charge in [-0.25, -0.2) is 4.57 Å². The van der Waals surface area contributed by atoms with Crippen LogP contribution in [0.3, 0.4) is 0 Å². The number of hydrogen-bond acceptors (Lipinski definition) is 10. The molecule has 0 bridgehead atoms. The number of hydrogen-bond donors (Lipinski definition) is 2. The van der Waals surface area contributed by atoms with Gasteiger partial charge in [0.2, 0.25) is 0 Å². The first-order valence-corrected chi connectivity index (χ1v) is 31.3. The summed E-state index contributed by atoms with van der Waals surface area (Å²) in [6.07, 6.45) is 62.8. The normalized spacial score (nSPS) is 13.9. The summed E-state index contributed by atoms with van der Waals surface area (Å²) >= 11 is 0. The first-order chi connectivity index (χ1) is 36.2. The summed E-state index contributed by atoms with van der Waals surface area (Å²) in [6, 6.07) is 0. The Hall–Kier alpha value is -3.08. The molecular weight excluding hydrogens is 952 g/mol. The molecule has 74 heavy (non-hydrogen) atoms. The Kier molecular flexibility index (Phi) is 53.8. The number of allylic oxidation sites excluding steroid dienone is 12. The highest BCUT2D eigenvalue weighted by molar-refractivity contribution is 7.47. The van der Waals surface area contributed by atoms with Crippen molar-refractivity contribution in [2.45, 2.75) is 277 Å². The number of rotatable bonds is 55. The van der Waals surface area contributed by atoms with Gasteiger partial charge in [0.05, 0.1) is 19.8 Å². The van der Waals surface area contributed by atoms with Gasteiger partial charge in [-0.2, -0.15) is 0 Å². The fourth-order valence-electron chi connectivity index (χ4n) is 8.04. The van der Waals surface area contributed by atoms with Crippen LogP contribution in [-0.4, -0.2) is 66.5 Å². The van der Waals surface area contributed by atoms with Gasteiger partial charge in [-0.05, 0) is 109 Å². The third kappa shape index (κ3) is 53.7. The van der Waals surface area contributed by atoms with E-state index in [0.717, 1.165) is 135 Å². The lowest BCUT2D eigenvalue weighted by molar-refractivity contribution is -0.161. The van der Waals surface area contributed by atoms with Crippen molar-refractivity contribution in [2.24, 2.45) is 0 Å². The second-order valence-corrected chi connectivity index (χ2v) is 21.2. The van der Waals surface area contributed by atoms with E-state index in [1.807, 2.05) is 0 Å². The molecule has 0 radical (unpaired) electrons. The number of ether oxygens (including phenoxy) is 3. The highest BCUT2D eigenvalue weighted by Crippen LogP contribution is 2.43. The monoisotopic (exact) mass is 1060 g/mol. The van der Waals surface area contributed by atoms with Gasteiger partial charge >= 0.3 is 25.7 Å². The summed E-state index contributed by atoms with van der Waals surface area (Å²) in [5.41, 5.74) is 0. The maximum atomic E-state index is 12.9. The lowest BCUT2D eigenvalue weighted by Gasteiger charge is -2.21. The number of unbranched alkanes of at least 4 members (excludes halogenated alkanes) is 26. The molecule has 0 spiro atoms. The molecular formula is C62H109O11P. The van der Waals surface area contributed by atoms with E-state index in [0.29, 0.717) is 19.3 Å². The van der Waals surface area contributed by atoms with Crippen molar-refractivity contribution in [3.8, 4) is 0 Å². The summed E-state index contributed by atoms with van der Waals surface area (Å²) in [6.45, 7) is 4.48. The van der Waals surface area contributed by atoms with E-state index in [4.69, 9.17) is 23.3 Å². The van der Waals surface area contributed by atoms with E-state index in [2.05, 4.69) is 93.7 Å². The molecule has 0 aliphatic rings. The van der Waals surface area contributed by atoms with Gasteiger partial charge in [0.25, 0.3) is 0 Å². The van der Waals surface area contributed by atoms with Crippen LogP contribution in [-0.2, 0) is 42.2 Å². The summed E-state index contributed by atoms with van der Waals surface area (Å²) in [5.74, 6) is -1.49. The Morgan fingerprint density at radius 3 is 1.12 bits per heavy atom. The number of esters is 3. The fraction of sp³-hybridized carbons (Fsp3) is 0.758. The van der Waals surface area contributed by atoms with Gasteiger partial charge < -0.3 is 24.2 Å². The first kappa shape index (κ1) is 70.9. The predicted octanol–water partition coefficient (Wildman–Crippen LogP) is 17.7. The Morgan fingerprint density at radius 1 is 0.392 bits per heavy atom. The van der Waals surface area contributed by atoms with Crippen LogP contribution in [0.15, 0.2) is 72.9 Å². The molecule has 0 aromatic carbocycles. The van der Waals surface area contributed by atoms with E-state index in [1.165, 1.54) is 70.6 Å². The molecule has 2 N–H and O–H groups in total. The molecule has 0 aliphatic carbocycles. The minimum atomic E-state index is -4.76. The zero-order chi connectivity index (χ0) is 54.1. The van der Waals surface area contributed by atoms with Gasteiger partial charge in [-0.15, -0.1) is 0 Å². The zero-order valence-corrected chi connectivity index (χ0v) is 48.2. The molecule has 0 heterocycles. The van der Waals surface area contributed by atoms with Gasteiger partial charge in [0.15, 0.2) is 6.10 Å². The SMILES string of the molecule is CC/C=C\C/C=C\C/C=C\CCCCCCCCCC(=O)OC(COC(=O)CCCCCCC/C=C\CCCCCC)COP(=O)(O)OCC(CO)OC(=O)CCCCCCCCC/C=C\C/C=C\CCCCC. The van der Waals surface area contributed by atoms with Crippen LogP contribution >= 0.6 is 7.82 Å². The van der Waals surface area contributed by atoms with Gasteiger partial charge in [0, 0.05) is 19.3 Å². The summed E-state index contributed by atoms with van der Waals surface area (Å²) < 4.78 is 39.6. The van der Waals surface area contributed by atoms with Crippen LogP contribution in [0, 0.1) is 0 Å². The van der Waals surface area contributed by atoms with Crippen LogP contribution in [0.5, 0.6) is 0 Å². The molecule has 0 saturated heterocycles. The van der Waals surface area contributed by atoms with E-state index >= 15 is 0 Å². The lowest BCUT2D eigenvalue weighted by Crippen LogP contribution is -2.30. The zero-order valence-electron chi connectivity index (χ0n) is 47.3. The molecule has 11 nitrogen and oxygen atoms in total. The van der Waals surface area contributed by atoms with Crippen LogP contribution in [0.4, 0.5) is 0 Å². The van der Waals surface area contributed by atoms with E-state index in [1.54, 1.807) is 0 Å². The third-order valence-electron chi connectivity index (χ3n) is 12.6. The second kappa shape index (κ2) is 56.1. The summed E-state index contributed by atoms with van der Waals surface area (Å²) in [5, 5.41) is 9.83. The maximum absolute atomic E-state index is 12.9. The van der Waals surface area contributed by atoms with Crippen LogP contribution in [0.25, 0.3) is 0 Å². The Labute approximate surface area is 452 Å². The molecule has 0 aromatic rings. The molecule has 0 rings (SSSR count). The van der Waals surface area contributed by atoms with Crippen molar-refractivity contribution in [1.29, 1.82) is 0 Å². The number of aliphatic hydroxyl groups excluding tert-OH is 1. The Balaban J connectivity index is 4.71. The van der Waals surface area contributed by atoms with Crippen molar-refractivity contribution in [1.82, 2.24) is 0 Å². The van der Waals surface area contributed by atoms with Crippen molar-refractivity contribution in [3.63, 3.8) is 0 Å². The number of phosphoric acid groups is 1. The molecule has 0 fully saturated rings. The Morgan fingerprint density at radius 2 is 0.703 bits per heavy atom. The molecule has 0 aliphatic heterocycles. The highest BCUT2D eigenvalue weighted by atomic mass is 31.2. The molecule has 3 atom stereocenters. The largest absolute Gasteiger partial charge is 0.472 e. The first-order valence-electron chi connectivity index (χ1n) is 29.8. The summed E-state index contributed by atoms with van der Waals surface area (Å²) in [7, 11) is -4.76. The number of carbonyl (C=O) groups excluding carboxylic acids is 3. The number of aliphatic hydroxyl groups is 1. The minimum absolute atomic E-state index is 0.153. The van der Waals surface area contributed by atoms with Gasteiger partial charge in [-0.1, -0.05) is 209 Å². The van der Waals surface area contributed by atoms with Crippen molar-refractivity contribution >= 4 is 25.7 Å². The topological polar surface area (TPSA) is 155 Å². The van der Waals surface area contributed by atoms with Crippen molar-refractivity contribution in [3.05, 3.63) is 72.9 Å². The van der Waals surface area contributed by atoms with Crippen molar-refractivity contribution in [2.75, 3.05) is 26.4 Å². The molecule has 0 aromatic heterocycles. The van der Waals surface area contributed by atoms with E-state index in [-0.39, 0.29) is 25.9 Å². The van der Waals surface area contributed by atoms with Crippen LogP contribution in [0.2, 0.25) is 0 Å². The molecule has 0 saturated carbocycles. The summed E-state index contributed by atoms with van der Waals surface area (Å²) in [4.78, 5) is 48.6. The molecule has 12 heteroatoms. The number of carbonyl (C=O) groups is 3. The van der Waals surface area contributed by atoms with Crippen molar-refractivity contribution < 1.29 is 52.2 Å². The van der Waals surface area contributed by atoms with E-state index in [9.17, 15) is 28.9 Å². The maximum Gasteiger partial charge on any atom is 0.472 e. The molecule has 0 amide bonds. The molecule has 428 valence electrons. The number of phosphoric ester groups is 1. The fourth-order valence-corrected chi connectivity index (χ4v) is 8.83. The van der Waals surface area contributed by atoms with Crippen LogP contribution in [0.1, 0.15) is 265 Å². The average molecular weight is 1060 g/mol. The van der Waals surface area contributed by atoms with Crippen LogP contribution < -0.4 is 0 Å². The standard InChI is InChI=1S/C62H109O11P/c1-4-7-10-13-16-19-22-25-27-29-31-34-37-40-43-46-49-52-61(65)72-58(54-63)56-70-74(67,68)71-57-59(55-69-60(64)51-48-45-42-39-36-33-24-21-18-15-12-9-6-3)73-62(66)53-50-47-44-41-38-35-32-30-28-26-23-20-17-14-11-8-5-2/h8,11,16-17,19-21,24-28,58-59,63H,4-7,9-10,12-15,18,22-23,29-57H2,1-3H3,(H,67,68)/b11-8-,19-16-,20-17-,24-21-,27-25-,28-26-. The third-order valence-corrected chi connectivity index (χ3v) is 13.5. The highest BCUT2D eigenvalue weighted by Gasteiger charge is 2.28.